The molecule has 1 fully saturated rings. The summed E-state index contributed by atoms with van der Waals surface area (Å²) in [4.78, 5) is 30.3. The Morgan fingerprint density at radius 2 is 1.96 bits per heavy atom. The normalized spacial score (nSPS) is 21.9. The molecule has 0 spiro atoms. The summed E-state index contributed by atoms with van der Waals surface area (Å²) in [6.45, 7) is 1.59. The zero-order valence-corrected chi connectivity index (χ0v) is 15.0. The van der Waals surface area contributed by atoms with Gasteiger partial charge in [-0.2, -0.15) is 0 Å². The summed E-state index contributed by atoms with van der Waals surface area (Å²) in [5.74, 6) is -0.727. The number of para-hydroxylation sites is 1. The zero-order valence-electron chi connectivity index (χ0n) is 15.0. The standard InChI is InChI=1S/C21H22N4O2/c22-20(26)14-4-3-11-25(13-14)16-9-7-15(8-10-16)23-12-18-17-5-1-2-6-19(17)24-21(18)27/h1-2,5-10,12,14,18H,3-4,11,13H2,(H2,22,26)(H,24,27). The van der Waals surface area contributed by atoms with Crippen molar-refractivity contribution >= 4 is 35.1 Å². The van der Waals surface area contributed by atoms with Gasteiger partial charge in [0, 0.05) is 30.7 Å². The SMILES string of the molecule is NC(=O)C1CCCN(c2ccc(N=CC3C(=O)Nc4ccccc43)cc2)C1. The Hall–Kier alpha value is -3.15. The fraction of sp³-hybridized carbons (Fsp3) is 0.286. The third-order valence-corrected chi connectivity index (χ3v) is 5.25. The van der Waals surface area contributed by atoms with Crippen molar-refractivity contribution in [1.29, 1.82) is 0 Å². The van der Waals surface area contributed by atoms with Crippen molar-refractivity contribution < 1.29 is 9.59 Å². The molecule has 27 heavy (non-hydrogen) atoms. The van der Waals surface area contributed by atoms with Crippen LogP contribution < -0.4 is 16.0 Å². The predicted octanol–water partition coefficient (Wildman–Crippen LogP) is 2.83. The highest BCUT2D eigenvalue weighted by Gasteiger charge is 2.28. The van der Waals surface area contributed by atoms with E-state index in [2.05, 4.69) is 15.2 Å². The summed E-state index contributed by atoms with van der Waals surface area (Å²) in [5.41, 5.74) is 9.11. The van der Waals surface area contributed by atoms with Crippen molar-refractivity contribution in [3.63, 3.8) is 0 Å². The smallest absolute Gasteiger partial charge is 0.237 e. The average molecular weight is 362 g/mol. The minimum atomic E-state index is -0.362. The fourth-order valence-electron chi connectivity index (χ4n) is 3.74. The van der Waals surface area contributed by atoms with Crippen LogP contribution in [0.1, 0.15) is 24.3 Å². The number of primary amides is 1. The number of carbonyl (C=O) groups excluding carboxylic acids is 2. The first-order chi connectivity index (χ1) is 13.1. The lowest BCUT2D eigenvalue weighted by Gasteiger charge is -2.33. The van der Waals surface area contributed by atoms with Gasteiger partial charge in [-0.3, -0.25) is 14.6 Å². The van der Waals surface area contributed by atoms with Crippen LogP contribution in [0.15, 0.2) is 53.5 Å². The second-order valence-corrected chi connectivity index (χ2v) is 7.04. The second kappa shape index (κ2) is 7.23. The van der Waals surface area contributed by atoms with Gasteiger partial charge in [0.25, 0.3) is 0 Å². The maximum Gasteiger partial charge on any atom is 0.237 e. The van der Waals surface area contributed by atoms with Gasteiger partial charge in [-0.15, -0.1) is 0 Å². The minimum absolute atomic E-state index is 0.0534. The summed E-state index contributed by atoms with van der Waals surface area (Å²) in [6, 6.07) is 15.5. The molecule has 2 unspecified atom stereocenters. The van der Waals surface area contributed by atoms with Crippen LogP contribution in [0.5, 0.6) is 0 Å². The maximum atomic E-state index is 12.2. The number of aliphatic imine (C=N–C) groups is 1. The first-order valence-corrected chi connectivity index (χ1v) is 9.20. The Bertz CT molecular complexity index is 891. The molecule has 0 radical (unpaired) electrons. The number of amides is 2. The molecular weight excluding hydrogens is 340 g/mol. The lowest BCUT2D eigenvalue weighted by Crippen LogP contribution is -2.41. The molecule has 2 aromatic rings. The van der Waals surface area contributed by atoms with Crippen molar-refractivity contribution in [1.82, 2.24) is 0 Å². The van der Waals surface area contributed by atoms with Crippen molar-refractivity contribution in [2.75, 3.05) is 23.3 Å². The summed E-state index contributed by atoms with van der Waals surface area (Å²) in [7, 11) is 0. The van der Waals surface area contributed by atoms with Gasteiger partial charge >= 0.3 is 0 Å². The number of fused-ring (bicyclic) bond motifs is 1. The molecule has 2 amide bonds. The quantitative estimate of drug-likeness (QED) is 0.820. The highest BCUT2D eigenvalue weighted by Crippen LogP contribution is 2.31. The molecule has 6 heteroatoms. The van der Waals surface area contributed by atoms with Gasteiger partial charge in [0.1, 0.15) is 5.92 Å². The highest BCUT2D eigenvalue weighted by atomic mass is 16.2. The molecule has 138 valence electrons. The Labute approximate surface area is 158 Å². The summed E-state index contributed by atoms with van der Waals surface area (Å²) < 4.78 is 0. The molecule has 6 nitrogen and oxygen atoms in total. The number of hydrogen-bond acceptors (Lipinski definition) is 4. The number of benzene rings is 2. The van der Waals surface area contributed by atoms with Gasteiger partial charge in [-0.05, 0) is 48.7 Å². The van der Waals surface area contributed by atoms with Crippen LogP contribution >= 0.6 is 0 Å². The van der Waals surface area contributed by atoms with Crippen LogP contribution in [0.4, 0.5) is 17.1 Å². The fourth-order valence-corrected chi connectivity index (χ4v) is 3.74. The molecule has 1 saturated heterocycles. The number of piperidine rings is 1. The van der Waals surface area contributed by atoms with E-state index in [0.717, 1.165) is 42.0 Å². The molecule has 2 atom stereocenters. The molecular formula is C21H22N4O2. The first kappa shape index (κ1) is 17.3. The van der Waals surface area contributed by atoms with Gasteiger partial charge in [0.2, 0.25) is 11.8 Å². The Balaban J connectivity index is 1.46. The summed E-state index contributed by atoms with van der Waals surface area (Å²) in [6.07, 6.45) is 3.52. The van der Waals surface area contributed by atoms with E-state index in [1.807, 2.05) is 48.5 Å². The topological polar surface area (TPSA) is 87.8 Å². The lowest BCUT2D eigenvalue weighted by atomic mass is 9.97. The van der Waals surface area contributed by atoms with E-state index in [0.29, 0.717) is 6.54 Å². The molecule has 0 aromatic heterocycles. The van der Waals surface area contributed by atoms with E-state index >= 15 is 0 Å². The van der Waals surface area contributed by atoms with Crippen LogP contribution in [0, 0.1) is 5.92 Å². The van der Waals surface area contributed by atoms with Gasteiger partial charge < -0.3 is 16.0 Å². The third-order valence-electron chi connectivity index (χ3n) is 5.25. The number of carbonyl (C=O) groups is 2. The molecule has 2 aliphatic heterocycles. The predicted molar refractivity (Wildman–Crippen MR) is 107 cm³/mol. The molecule has 0 aliphatic carbocycles. The van der Waals surface area contributed by atoms with Crippen molar-refractivity contribution in [3.8, 4) is 0 Å². The number of nitrogens with one attached hydrogen (secondary N) is 1. The van der Waals surface area contributed by atoms with E-state index in [9.17, 15) is 9.59 Å². The number of rotatable bonds is 4. The van der Waals surface area contributed by atoms with E-state index < -0.39 is 0 Å². The van der Waals surface area contributed by atoms with Gasteiger partial charge in [0.15, 0.2) is 0 Å². The van der Waals surface area contributed by atoms with Crippen LogP contribution in [-0.4, -0.2) is 31.1 Å². The average Bonchev–Trinajstić information content (AvgIpc) is 3.02. The van der Waals surface area contributed by atoms with E-state index in [1.165, 1.54) is 0 Å². The molecule has 2 aromatic carbocycles. The highest BCUT2D eigenvalue weighted by molar-refractivity contribution is 6.12. The molecule has 2 aliphatic rings. The molecule has 0 saturated carbocycles. The lowest BCUT2D eigenvalue weighted by molar-refractivity contribution is -0.122. The van der Waals surface area contributed by atoms with Crippen LogP contribution in [0.25, 0.3) is 0 Å². The number of hydrogen-bond donors (Lipinski definition) is 2. The van der Waals surface area contributed by atoms with Crippen molar-refractivity contribution in [2.24, 2.45) is 16.6 Å². The van der Waals surface area contributed by atoms with E-state index in [4.69, 9.17) is 5.73 Å². The van der Waals surface area contributed by atoms with Gasteiger partial charge in [-0.1, -0.05) is 18.2 Å². The first-order valence-electron chi connectivity index (χ1n) is 9.20. The Kier molecular flexibility index (Phi) is 4.62. The number of nitrogens with two attached hydrogens (primary N) is 1. The maximum absolute atomic E-state index is 12.2. The van der Waals surface area contributed by atoms with Crippen molar-refractivity contribution in [3.05, 3.63) is 54.1 Å². The Morgan fingerprint density at radius 1 is 1.19 bits per heavy atom. The van der Waals surface area contributed by atoms with Gasteiger partial charge in [0.05, 0.1) is 11.6 Å². The molecule has 2 heterocycles. The largest absolute Gasteiger partial charge is 0.371 e. The van der Waals surface area contributed by atoms with E-state index in [1.54, 1.807) is 6.21 Å². The van der Waals surface area contributed by atoms with Crippen LogP contribution in [0.2, 0.25) is 0 Å². The van der Waals surface area contributed by atoms with Crippen LogP contribution in [0.3, 0.4) is 0 Å². The van der Waals surface area contributed by atoms with Crippen molar-refractivity contribution in [2.45, 2.75) is 18.8 Å². The van der Waals surface area contributed by atoms with E-state index in [-0.39, 0.29) is 23.7 Å². The van der Waals surface area contributed by atoms with Gasteiger partial charge in [-0.25, -0.2) is 0 Å². The summed E-state index contributed by atoms with van der Waals surface area (Å²) in [5, 5.41) is 2.87. The Morgan fingerprint density at radius 3 is 2.74 bits per heavy atom. The number of nitrogens with zero attached hydrogens (tertiary/aromatic N) is 2. The zero-order chi connectivity index (χ0) is 18.8. The molecule has 3 N–H and O–H groups in total. The number of anilines is 2. The van der Waals surface area contributed by atoms with Crippen LogP contribution in [-0.2, 0) is 9.59 Å². The molecule has 0 bridgehead atoms. The monoisotopic (exact) mass is 362 g/mol. The second-order valence-electron chi connectivity index (χ2n) is 7.04. The third kappa shape index (κ3) is 3.56. The molecule has 4 rings (SSSR count). The summed E-state index contributed by atoms with van der Waals surface area (Å²) >= 11 is 0. The minimum Gasteiger partial charge on any atom is -0.371 e.